The number of nitrogens with zero attached hydrogens (tertiary/aromatic N) is 2. The molecule has 1 spiro atoms. The molecule has 1 amide bonds. The molecule has 2 aliphatic rings. The third kappa shape index (κ3) is 1.53. The topological polar surface area (TPSA) is 32.8 Å². The van der Waals surface area contributed by atoms with Crippen molar-refractivity contribution in [1.29, 1.82) is 0 Å². The molecule has 0 aromatic carbocycles. The molecule has 2 saturated heterocycles. The first-order valence-electron chi connectivity index (χ1n) is 5.23. The van der Waals surface area contributed by atoms with Crippen LogP contribution in [0, 0.1) is 0 Å². The summed E-state index contributed by atoms with van der Waals surface area (Å²) < 4.78 is 5.68. The first-order valence-corrected chi connectivity index (χ1v) is 5.23. The van der Waals surface area contributed by atoms with Crippen LogP contribution in [0.15, 0.2) is 0 Å². The molecule has 0 bridgehead atoms. The molecule has 1 unspecified atom stereocenters. The molecular formula is C10H18N2O2. The highest BCUT2D eigenvalue weighted by Crippen LogP contribution is 2.33. The number of ether oxygens (including phenoxy) is 1. The van der Waals surface area contributed by atoms with Crippen molar-refractivity contribution in [2.45, 2.75) is 25.0 Å². The van der Waals surface area contributed by atoms with E-state index in [0.29, 0.717) is 0 Å². The smallest absolute Gasteiger partial charge is 0.250 e. The highest BCUT2D eigenvalue weighted by atomic mass is 16.5. The Bertz CT molecular complexity index is 244. The Morgan fingerprint density at radius 2 is 2.07 bits per heavy atom. The van der Waals surface area contributed by atoms with Gasteiger partial charge in [0.15, 0.2) is 0 Å². The third-order valence-corrected chi connectivity index (χ3v) is 3.44. The summed E-state index contributed by atoms with van der Waals surface area (Å²) in [5.74, 6) is 0.120. The largest absolute Gasteiger partial charge is 0.346 e. The van der Waals surface area contributed by atoms with Crippen LogP contribution < -0.4 is 0 Å². The molecule has 2 rings (SSSR count). The van der Waals surface area contributed by atoms with Crippen LogP contribution in [-0.4, -0.2) is 55.2 Å². The van der Waals surface area contributed by atoms with Crippen LogP contribution >= 0.6 is 0 Å². The highest BCUT2D eigenvalue weighted by Gasteiger charge is 2.44. The van der Waals surface area contributed by atoms with Gasteiger partial charge in [0.25, 0.3) is 5.91 Å². The van der Waals surface area contributed by atoms with E-state index in [9.17, 15) is 4.79 Å². The van der Waals surface area contributed by atoms with E-state index in [4.69, 9.17) is 4.74 Å². The molecule has 0 aromatic rings. The van der Waals surface area contributed by atoms with Gasteiger partial charge in [0.05, 0.1) is 0 Å². The van der Waals surface area contributed by atoms with Gasteiger partial charge in [-0.25, -0.2) is 0 Å². The van der Waals surface area contributed by atoms with Gasteiger partial charge in [0, 0.05) is 20.0 Å². The summed E-state index contributed by atoms with van der Waals surface area (Å²) in [5, 5.41) is 0. The Kier molecular flexibility index (Phi) is 2.49. The lowest BCUT2D eigenvalue weighted by atomic mass is 10.0. The van der Waals surface area contributed by atoms with Gasteiger partial charge in [0.2, 0.25) is 0 Å². The second-order valence-corrected chi connectivity index (χ2v) is 4.34. The van der Waals surface area contributed by atoms with Gasteiger partial charge in [-0.15, -0.1) is 0 Å². The van der Waals surface area contributed by atoms with Crippen molar-refractivity contribution in [2.75, 3.05) is 33.8 Å². The lowest BCUT2D eigenvalue weighted by Gasteiger charge is -2.33. The van der Waals surface area contributed by atoms with E-state index in [-0.39, 0.29) is 18.2 Å². The lowest BCUT2D eigenvalue weighted by Crippen LogP contribution is -2.44. The molecule has 2 aliphatic heterocycles. The van der Waals surface area contributed by atoms with Crippen molar-refractivity contribution in [3.8, 4) is 0 Å². The maximum Gasteiger partial charge on any atom is 0.250 e. The van der Waals surface area contributed by atoms with Gasteiger partial charge in [-0.2, -0.15) is 0 Å². The molecule has 0 aliphatic carbocycles. The fraction of sp³-hybridized carbons (Fsp3) is 0.900. The summed E-state index contributed by atoms with van der Waals surface area (Å²) in [6.45, 7) is 2.38. The standard InChI is InChI=1S/C10H18N2O2/c1-11-6-3-4-10(5-7-11)12(2)9(13)8-14-10/h3-8H2,1-2H3. The zero-order chi connectivity index (χ0) is 10.2. The van der Waals surface area contributed by atoms with E-state index in [0.717, 1.165) is 32.4 Å². The van der Waals surface area contributed by atoms with Gasteiger partial charge in [-0.05, 0) is 26.4 Å². The van der Waals surface area contributed by atoms with E-state index in [2.05, 4.69) is 11.9 Å². The molecule has 0 N–H and O–H groups in total. The molecule has 0 aromatic heterocycles. The van der Waals surface area contributed by atoms with Crippen LogP contribution in [0.1, 0.15) is 19.3 Å². The maximum atomic E-state index is 11.4. The van der Waals surface area contributed by atoms with Crippen LogP contribution in [0.25, 0.3) is 0 Å². The maximum absolute atomic E-state index is 11.4. The SMILES string of the molecule is CN1CCCC2(CC1)OCC(=O)N2C. The van der Waals surface area contributed by atoms with Crippen molar-refractivity contribution in [1.82, 2.24) is 9.80 Å². The van der Waals surface area contributed by atoms with Crippen molar-refractivity contribution < 1.29 is 9.53 Å². The van der Waals surface area contributed by atoms with E-state index in [1.807, 2.05) is 7.05 Å². The quantitative estimate of drug-likeness (QED) is 0.561. The molecule has 2 heterocycles. The molecule has 0 radical (unpaired) electrons. The van der Waals surface area contributed by atoms with Crippen molar-refractivity contribution in [2.24, 2.45) is 0 Å². The van der Waals surface area contributed by atoms with Gasteiger partial charge < -0.3 is 14.5 Å². The predicted octanol–water partition coefficient (Wildman–Crippen LogP) is 0.287. The molecule has 2 fully saturated rings. The molecule has 1 atom stereocenters. The molecule has 4 heteroatoms. The first kappa shape index (κ1) is 9.93. The number of carbonyl (C=O) groups is 1. The number of carbonyl (C=O) groups excluding carboxylic acids is 1. The van der Waals surface area contributed by atoms with E-state index in [1.54, 1.807) is 4.90 Å². The van der Waals surface area contributed by atoms with Crippen LogP contribution in [0.5, 0.6) is 0 Å². The number of hydrogen-bond acceptors (Lipinski definition) is 3. The zero-order valence-corrected chi connectivity index (χ0v) is 8.95. The second-order valence-electron chi connectivity index (χ2n) is 4.34. The minimum atomic E-state index is -0.290. The number of rotatable bonds is 0. The first-order chi connectivity index (χ1) is 6.64. The fourth-order valence-corrected chi connectivity index (χ4v) is 2.32. The minimum absolute atomic E-state index is 0.120. The van der Waals surface area contributed by atoms with Gasteiger partial charge >= 0.3 is 0 Å². The van der Waals surface area contributed by atoms with Gasteiger partial charge in [0.1, 0.15) is 12.3 Å². The molecular weight excluding hydrogens is 180 g/mol. The molecule has 4 nitrogen and oxygen atoms in total. The second kappa shape index (κ2) is 3.51. The Balaban J connectivity index is 2.11. The fourth-order valence-electron chi connectivity index (χ4n) is 2.32. The van der Waals surface area contributed by atoms with Crippen LogP contribution in [-0.2, 0) is 9.53 Å². The van der Waals surface area contributed by atoms with Gasteiger partial charge in [-0.1, -0.05) is 0 Å². The number of likely N-dealkylation sites (N-methyl/N-ethyl adjacent to an activating group) is 1. The van der Waals surface area contributed by atoms with Gasteiger partial charge in [-0.3, -0.25) is 4.79 Å². The normalized spacial score (nSPS) is 35.3. The third-order valence-electron chi connectivity index (χ3n) is 3.44. The summed E-state index contributed by atoms with van der Waals surface area (Å²) in [7, 11) is 3.98. The Morgan fingerprint density at radius 1 is 1.29 bits per heavy atom. The average Bonchev–Trinajstić information content (AvgIpc) is 2.38. The summed E-state index contributed by atoms with van der Waals surface area (Å²) in [6, 6.07) is 0. The van der Waals surface area contributed by atoms with Crippen molar-refractivity contribution >= 4 is 5.91 Å². The number of amides is 1. The van der Waals surface area contributed by atoms with E-state index >= 15 is 0 Å². The Hall–Kier alpha value is -0.610. The monoisotopic (exact) mass is 198 g/mol. The summed E-state index contributed by atoms with van der Waals surface area (Å²) in [6.07, 6.45) is 3.01. The highest BCUT2D eigenvalue weighted by molar-refractivity contribution is 5.79. The summed E-state index contributed by atoms with van der Waals surface area (Å²) >= 11 is 0. The van der Waals surface area contributed by atoms with E-state index < -0.39 is 0 Å². The predicted molar refractivity (Wildman–Crippen MR) is 52.8 cm³/mol. The summed E-state index contributed by atoms with van der Waals surface area (Å²) in [4.78, 5) is 15.5. The van der Waals surface area contributed by atoms with Crippen LogP contribution in [0.4, 0.5) is 0 Å². The molecule has 0 saturated carbocycles. The Labute approximate surface area is 84.8 Å². The zero-order valence-electron chi connectivity index (χ0n) is 8.95. The number of likely N-dealkylation sites (tertiary alicyclic amines) is 1. The minimum Gasteiger partial charge on any atom is -0.346 e. The number of hydrogen-bond donors (Lipinski definition) is 0. The van der Waals surface area contributed by atoms with E-state index in [1.165, 1.54) is 0 Å². The Morgan fingerprint density at radius 3 is 2.71 bits per heavy atom. The average molecular weight is 198 g/mol. The molecule has 14 heavy (non-hydrogen) atoms. The lowest BCUT2D eigenvalue weighted by molar-refractivity contribution is -0.131. The van der Waals surface area contributed by atoms with Crippen LogP contribution in [0.3, 0.4) is 0 Å². The summed E-state index contributed by atoms with van der Waals surface area (Å²) in [5.41, 5.74) is -0.290. The van der Waals surface area contributed by atoms with Crippen molar-refractivity contribution in [3.05, 3.63) is 0 Å². The van der Waals surface area contributed by atoms with Crippen LogP contribution in [0.2, 0.25) is 0 Å². The van der Waals surface area contributed by atoms with Crippen molar-refractivity contribution in [3.63, 3.8) is 0 Å². The molecule has 80 valence electrons.